The predicted molar refractivity (Wildman–Crippen MR) is 138 cm³/mol. The molecule has 0 N–H and O–H groups in total. The minimum Gasteiger partial charge on any atom is -0.462 e. The van der Waals surface area contributed by atoms with E-state index in [1.807, 2.05) is 37.3 Å². The SMILES string of the molecule is CCOC(=O)c1cccc2c1nc1c(C#N)c(C)c(-c3ccccc3)c(N3CCC[C@H]3N(C)C)n12. The van der Waals surface area contributed by atoms with Crippen LogP contribution in [0.3, 0.4) is 0 Å². The molecule has 2 aromatic carbocycles. The Morgan fingerprint density at radius 1 is 1.20 bits per heavy atom. The summed E-state index contributed by atoms with van der Waals surface area (Å²) >= 11 is 0. The minimum atomic E-state index is -0.408. The van der Waals surface area contributed by atoms with Crippen molar-refractivity contribution in [3.8, 4) is 17.2 Å². The predicted octanol–water partition coefficient (Wildman–Crippen LogP) is 5.00. The number of carbonyl (C=O) groups is 1. The molecule has 7 nitrogen and oxygen atoms in total. The first-order valence-corrected chi connectivity index (χ1v) is 12.0. The van der Waals surface area contributed by atoms with E-state index >= 15 is 0 Å². The zero-order valence-electron chi connectivity index (χ0n) is 20.6. The van der Waals surface area contributed by atoms with Crippen LogP contribution in [0.1, 0.15) is 41.3 Å². The third-order valence-corrected chi connectivity index (χ3v) is 6.85. The van der Waals surface area contributed by atoms with Gasteiger partial charge in [-0.1, -0.05) is 36.4 Å². The van der Waals surface area contributed by atoms with E-state index < -0.39 is 5.97 Å². The number of ether oxygens (including phenoxy) is 1. The van der Waals surface area contributed by atoms with Crippen molar-refractivity contribution in [3.05, 3.63) is 65.2 Å². The number of anilines is 1. The maximum absolute atomic E-state index is 12.8. The number of esters is 1. The van der Waals surface area contributed by atoms with Crippen LogP contribution in [-0.4, -0.2) is 53.7 Å². The average Bonchev–Trinajstić information content (AvgIpc) is 3.49. The van der Waals surface area contributed by atoms with Crippen molar-refractivity contribution in [3.63, 3.8) is 0 Å². The van der Waals surface area contributed by atoms with Gasteiger partial charge in [0.05, 0.1) is 29.4 Å². The Morgan fingerprint density at radius 3 is 2.66 bits per heavy atom. The fraction of sp³-hybridized carbons (Fsp3) is 0.321. The van der Waals surface area contributed by atoms with E-state index in [2.05, 4.69) is 46.5 Å². The highest BCUT2D eigenvalue weighted by atomic mass is 16.5. The standard InChI is InChI=1S/C28H29N5O2/c1-5-35-28(34)20-13-9-14-22-25(20)30-26-21(17-29)18(2)24(19-11-7-6-8-12-19)27(33(22)26)32-16-10-15-23(32)31(3)4/h6-9,11-14,23H,5,10,15-16H2,1-4H3/t23-/m0/s1. The van der Waals surface area contributed by atoms with Gasteiger partial charge in [0.25, 0.3) is 0 Å². The van der Waals surface area contributed by atoms with Crippen LogP contribution in [0.25, 0.3) is 27.8 Å². The molecule has 2 aromatic heterocycles. The Balaban J connectivity index is 1.96. The van der Waals surface area contributed by atoms with Crippen LogP contribution in [-0.2, 0) is 4.74 Å². The third-order valence-electron chi connectivity index (χ3n) is 6.85. The summed E-state index contributed by atoms with van der Waals surface area (Å²) in [7, 11) is 4.20. The van der Waals surface area contributed by atoms with Crippen LogP contribution < -0.4 is 4.90 Å². The molecule has 1 fully saturated rings. The van der Waals surface area contributed by atoms with E-state index in [-0.39, 0.29) is 12.8 Å². The van der Waals surface area contributed by atoms with Gasteiger partial charge >= 0.3 is 5.97 Å². The van der Waals surface area contributed by atoms with Crippen LogP contribution in [0.15, 0.2) is 48.5 Å². The smallest absolute Gasteiger partial charge is 0.340 e. The molecule has 4 aromatic rings. The van der Waals surface area contributed by atoms with Crippen LogP contribution in [0.4, 0.5) is 5.82 Å². The third kappa shape index (κ3) is 3.62. The summed E-state index contributed by atoms with van der Waals surface area (Å²) < 4.78 is 7.39. The number of fused-ring (bicyclic) bond motifs is 3. The van der Waals surface area contributed by atoms with Gasteiger partial charge in [0.1, 0.15) is 17.4 Å². The van der Waals surface area contributed by atoms with Crippen molar-refractivity contribution in [2.45, 2.75) is 32.9 Å². The molecule has 0 saturated carbocycles. The van der Waals surface area contributed by atoms with Crippen LogP contribution in [0, 0.1) is 18.3 Å². The van der Waals surface area contributed by atoms with E-state index in [1.165, 1.54) is 0 Å². The molecule has 0 spiro atoms. The number of aromatic nitrogens is 2. The lowest BCUT2D eigenvalue weighted by Gasteiger charge is -2.34. The number of nitriles is 1. The molecule has 0 bridgehead atoms. The second-order valence-electron chi connectivity index (χ2n) is 9.12. The molecule has 5 rings (SSSR count). The highest BCUT2D eigenvalue weighted by molar-refractivity contribution is 6.04. The van der Waals surface area contributed by atoms with Crippen LogP contribution in [0.2, 0.25) is 0 Å². The largest absolute Gasteiger partial charge is 0.462 e. The Kier molecular flexibility index (Phi) is 5.91. The van der Waals surface area contributed by atoms with Gasteiger partial charge in [0.15, 0.2) is 5.65 Å². The summed E-state index contributed by atoms with van der Waals surface area (Å²) in [6.45, 7) is 4.96. The maximum Gasteiger partial charge on any atom is 0.340 e. The fourth-order valence-corrected chi connectivity index (χ4v) is 5.32. The van der Waals surface area contributed by atoms with E-state index in [4.69, 9.17) is 9.72 Å². The highest BCUT2D eigenvalue weighted by Crippen LogP contribution is 2.42. The van der Waals surface area contributed by atoms with Gasteiger partial charge in [-0.3, -0.25) is 9.30 Å². The maximum atomic E-state index is 12.8. The van der Waals surface area contributed by atoms with Gasteiger partial charge in [-0.2, -0.15) is 5.26 Å². The summed E-state index contributed by atoms with van der Waals surface area (Å²) in [5.41, 5.74) is 5.78. The first-order valence-electron chi connectivity index (χ1n) is 12.0. The summed E-state index contributed by atoms with van der Waals surface area (Å²) in [4.78, 5) is 22.3. The van der Waals surface area contributed by atoms with E-state index in [9.17, 15) is 10.1 Å². The van der Waals surface area contributed by atoms with Gasteiger partial charge in [-0.15, -0.1) is 0 Å². The van der Waals surface area contributed by atoms with Crippen molar-refractivity contribution >= 4 is 28.5 Å². The summed E-state index contributed by atoms with van der Waals surface area (Å²) in [6, 6.07) is 18.2. The van der Waals surface area contributed by atoms with Crippen molar-refractivity contribution in [1.29, 1.82) is 5.26 Å². The van der Waals surface area contributed by atoms with E-state index in [0.29, 0.717) is 22.3 Å². The number of benzene rings is 2. The zero-order valence-corrected chi connectivity index (χ0v) is 20.6. The molecular weight excluding hydrogens is 438 g/mol. The molecule has 0 radical (unpaired) electrons. The topological polar surface area (TPSA) is 73.9 Å². The number of imidazole rings is 1. The van der Waals surface area contributed by atoms with Crippen molar-refractivity contribution < 1.29 is 9.53 Å². The lowest BCUT2D eigenvalue weighted by atomic mass is 9.97. The van der Waals surface area contributed by atoms with Gasteiger partial charge in [0, 0.05) is 12.1 Å². The second kappa shape index (κ2) is 9.05. The molecule has 1 aliphatic rings. The molecule has 178 valence electrons. The molecule has 0 aliphatic carbocycles. The van der Waals surface area contributed by atoms with Gasteiger partial charge in [0.2, 0.25) is 0 Å². The Bertz CT molecular complexity index is 1470. The number of hydrogen-bond acceptors (Lipinski definition) is 6. The second-order valence-corrected chi connectivity index (χ2v) is 9.12. The summed E-state index contributed by atoms with van der Waals surface area (Å²) in [5.74, 6) is 0.594. The van der Waals surface area contributed by atoms with Gasteiger partial charge < -0.3 is 9.64 Å². The van der Waals surface area contributed by atoms with Crippen molar-refractivity contribution in [2.24, 2.45) is 0 Å². The lowest BCUT2D eigenvalue weighted by Crippen LogP contribution is -2.41. The molecule has 1 saturated heterocycles. The first kappa shape index (κ1) is 22.9. The normalized spacial score (nSPS) is 15.8. The molecule has 1 atom stereocenters. The Hall–Kier alpha value is -3.89. The molecular formula is C28H29N5O2. The zero-order chi connectivity index (χ0) is 24.7. The molecule has 3 heterocycles. The van der Waals surface area contributed by atoms with Crippen molar-refractivity contribution in [2.75, 3.05) is 32.1 Å². The number of nitrogens with zero attached hydrogens (tertiary/aromatic N) is 5. The van der Waals surface area contributed by atoms with Gasteiger partial charge in [-0.25, -0.2) is 9.78 Å². The Morgan fingerprint density at radius 2 is 1.97 bits per heavy atom. The average molecular weight is 468 g/mol. The first-order chi connectivity index (χ1) is 17.0. The molecule has 0 amide bonds. The molecule has 35 heavy (non-hydrogen) atoms. The Labute approximate surface area is 205 Å². The molecule has 0 unspecified atom stereocenters. The monoisotopic (exact) mass is 467 g/mol. The number of pyridine rings is 1. The lowest BCUT2D eigenvalue weighted by molar-refractivity contribution is 0.0528. The molecule has 1 aliphatic heterocycles. The number of carbonyl (C=O) groups excluding carboxylic acids is 1. The van der Waals surface area contributed by atoms with Crippen LogP contribution >= 0.6 is 0 Å². The number of hydrogen-bond donors (Lipinski definition) is 0. The number of para-hydroxylation sites is 1. The number of rotatable bonds is 5. The van der Waals surface area contributed by atoms with E-state index in [1.54, 1.807) is 13.0 Å². The van der Waals surface area contributed by atoms with Crippen molar-refractivity contribution in [1.82, 2.24) is 14.3 Å². The summed E-state index contributed by atoms with van der Waals surface area (Å²) in [5, 5.41) is 10.3. The molecule has 7 heteroatoms. The fourth-order valence-electron chi connectivity index (χ4n) is 5.32. The van der Waals surface area contributed by atoms with E-state index in [0.717, 1.165) is 47.4 Å². The van der Waals surface area contributed by atoms with Gasteiger partial charge in [-0.05, 0) is 64.0 Å². The quantitative estimate of drug-likeness (QED) is 0.385. The summed E-state index contributed by atoms with van der Waals surface area (Å²) in [6.07, 6.45) is 2.32. The highest BCUT2D eigenvalue weighted by Gasteiger charge is 2.33. The minimum absolute atomic E-state index is 0.207. The van der Waals surface area contributed by atoms with Crippen LogP contribution in [0.5, 0.6) is 0 Å².